The van der Waals surface area contributed by atoms with Gasteiger partial charge in [-0.3, -0.25) is 4.79 Å². The number of hydrogen-bond donors (Lipinski definition) is 1. The summed E-state index contributed by atoms with van der Waals surface area (Å²) in [5.74, 6) is 0.490. The number of Topliss-reactive ketones (excluding diaryl/α,β-unsaturated/α-hetero) is 1. The largest absolute Gasteiger partial charge is 0.563 e. The Labute approximate surface area is 172 Å². The van der Waals surface area contributed by atoms with E-state index in [1.54, 1.807) is 0 Å². The second kappa shape index (κ2) is 8.14. The maximum Gasteiger partial charge on any atom is 0.563 e. The van der Waals surface area contributed by atoms with Crippen LogP contribution in [0.3, 0.4) is 0 Å². The first kappa shape index (κ1) is 21.3. The van der Waals surface area contributed by atoms with Crippen molar-refractivity contribution in [1.82, 2.24) is 4.72 Å². The van der Waals surface area contributed by atoms with Crippen molar-refractivity contribution in [2.24, 2.45) is 0 Å². The fraction of sp³-hybridized carbons (Fsp3) is 0.286. The molecule has 0 spiro atoms. The Hall–Kier alpha value is -2.42. The molecule has 6 nitrogen and oxygen atoms in total. The van der Waals surface area contributed by atoms with Gasteiger partial charge in [0.15, 0.2) is 5.78 Å². The third kappa shape index (κ3) is 4.96. The highest BCUT2D eigenvalue weighted by atomic mass is 32.2. The minimum atomic E-state index is -3.62. The molecule has 1 heterocycles. The first-order chi connectivity index (χ1) is 13.6. The zero-order valence-electron chi connectivity index (χ0n) is 16.8. The first-order valence-electron chi connectivity index (χ1n) is 9.32. The SMILES string of the molecule is C=C1OB(c2ccc(CCNS(=O)(=O)c3ccc(C(C)=O)cc3)cc2)OC1(C)C. The molecule has 1 aliphatic heterocycles. The summed E-state index contributed by atoms with van der Waals surface area (Å²) >= 11 is 0. The van der Waals surface area contributed by atoms with Gasteiger partial charge in [0.05, 0.1) is 10.7 Å². The summed E-state index contributed by atoms with van der Waals surface area (Å²) in [5, 5.41) is 0. The van der Waals surface area contributed by atoms with Gasteiger partial charge in [0.25, 0.3) is 0 Å². The van der Waals surface area contributed by atoms with Gasteiger partial charge in [-0.05, 0) is 50.4 Å². The second-order valence-corrected chi connectivity index (χ2v) is 9.24. The van der Waals surface area contributed by atoms with Gasteiger partial charge in [-0.2, -0.15) is 0 Å². The molecule has 0 amide bonds. The number of ketones is 1. The summed E-state index contributed by atoms with van der Waals surface area (Å²) in [6.07, 6.45) is 0.537. The molecule has 0 aromatic heterocycles. The summed E-state index contributed by atoms with van der Waals surface area (Å²) in [7, 11) is -4.11. The molecule has 2 aromatic rings. The number of benzene rings is 2. The summed E-state index contributed by atoms with van der Waals surface area (Å²) < 4.78 is 38.9. The zero-order valence-corrected chi connectivity index (χ0v) is 17.6. The summed E-state index contributed by atoms with van der Waals surface area (Å²) in [6, 6.07) is 13.6. The van der Waals surface area contributed by atoms with E-state index in [-0.39, 0.29) is 17.2 Å². The lowest BCUT2D eigenvalue weighted by atomic mass is 9.79. The van der Waals surface area contributed by atoms with E-state index >= 15 is 0 Å². The number of sulfonamides is 1. The van der Waals surface area contributed by atoms with E-state index in [1.165, 1.54) is 31.2 Å². The number of rotatable bonds is 7. The van der Waals surface area contributed by atoms with Crippen LogP contribution in [0.5, 0.6) is 0 Å². The van der Waals surface area contributed by atoms with E-state index in [4.69, 9.17) is 9.31 Å². The van der Waals surface area contributed by atoms with E-state index in [1.807, 2.05) is 38.1 Å². The van der Waals surface area contributed by atoms with Crippen molar-refractivity contribution < 1.29 is 22.5 Å². The fourth-order valence-corrected chi connectivity index (χ4v) is 3.92. The van der Waals surface area contributed by atoms with Crippen LogP contribution in [-0.2, 0) is 25.8 Å². The van der Waals surface area contributed by atoms with Crippen LogP contribution in [0.4, 0.5) is 0 Å². The van der Waals surface area contributed by atoms with Crippen LogP contribution < -0.4 is 10.2 Å². The third-order valence-corrected chi connectivity index (χ3v) is 6.33. The highest BCUT2D eigenvalue weighted by molar-refractivity contribution is 7.89. The van der Waals surface area contributed by atoms with Crippen LogP contribution in [0, 0.1) is 0 Å². The molecule has 0 aliphatic carbocycles. The number of carbonyl (C=O) groups excluding carboxylic acids is 1. The Morgan fingerprint density at radius 2 is 1.72 bits per heavy atom. The molecule has 1 saturated heterocycles. The van der Waals surface area contributed by atoms with Gasteiger partial charge in [0.1, 0.15) is 5.60 Å². The van der Waals surface area contributed by atoms with Crippen LogP contribution in [0.25, 0.3) is 0 Å². The van der Waals surface area contributed by atoms with Crippen LogP contribution >= 0.6 is 0 Å². The molecular formula is C21H24BNO5S. The Morgan fingerprint density at radius 1 is 1.10 bits per heavy atom. The lowest BCUT2D eigenvalue weighted by molar-refractivity contribution is 0.101. The van der Waals surface area contributed by atoms with Crippen LogP contribution in [0.2, 0.25) is 0 Å². The van der Waals surface area contributed by atoms with Gasteiger partial charge in [0.2, 0.25) is 10.0 Å². The molecule has 0 atom stereocenters. The monoisotopic (exact) mass is 413 g/mol. The van der Waals surface area contributed by atoms with E-state index < -0.39 is 22.7 Å². The molecule has 3 rings (SSSR count). The second-order valence-electron chi connectivity index (χ2n) is 7.47. The van der Waals surface area contributed by atoms with Gasteiger partial charge in [-0.1, -0.05) is 43.0 Å². The molecule has 1 N–H and O–H groups in total. The van der Waals surface area contributed by atoms with Crippen molar-refractivity contribution in [1.29, 1.82) is 0 Å². The highest BCUT2D eigenvalue weighted by Gasteiger charge is 2.42. The predicted molar refractivity (Wildman–Crippen MR) is 113 cm³/mol. The lowest BCUT2D eigenvalue weighted by Crippen LogP contribution is -2.34. The van der Waals surface area contributed by atoms with Gasteiger partial charge < -0.3 is 9.31 Å². The molecule has 0 bridgehead atoms. The summed E-state index contributed by atoms with van der Waals surface area (Å²) in [5.41, 5.74) is 1.82. The minimum Gasteiger partial charge on any atom is -0.534 e. The van der Waals surface area contributed by atoms with E-state index in [0.717, 1.165) is 11.0 Å². The smallest absolute Gasteiger partial charge is 0.534 e. The standard InChI is InChI=1S/C21H24BNO5S/c1-15(24)18-7-11-20(12-8-18)29(25,26)23-14-13-17-5-9-19(10-6-17)22-27-16(2)21(3,4)28-22/h5-12,23H,2,13-14H2,1,3-4H3. The quantitative estimate of drug-likeness (QED) is 0.557. The fourth-order valence-electron chi connectivity index (χ4n) is 2.89. The van der Waals surface area contributed by atoms with Gasteiger partial charge in [-0.25, -0.2) is 13.1 Å². The Bertz CT molecular complexity index is 1010. The average Bonchev–Trinajstić information content (AvgIpc) is 2.95. The number of carbonyl (C=O) groups is 1. The molecule has 0 saturated carbocycles. The van der Waals surface area contributed by atoms with E-state index in [0.29, 0.717) is 17.7 Å². The van der Waals surface area contributed by atoms with Crippen molar-refractivity contribution in [3.63, 3.8) is 0 Å². The summed E-state index contributed by atoms with van der Waals surface area (Å²) in [4.78, 5) is 11.4. The molecule has 1 fully saturated rings. The maximum atomic E-state index is 12.4. The lowest BCUT2D eigenvalue weighted by Gasteiger charge is -2.15. The molecular weight excluding hydrogens is 389 g/mol. The Balaban J connectivity index is 1.56. The predicted octanol–water partition coefficient (Wildman–Crippen LogP) is 2.44. The molecule has 8 heteroatoms. The maximum absolute atomic E-state index is 12.4. The van der Waals surface area contributed by atoms with Gasteiger partial charge in [-0.15, -0.1) is 0 Å². The van der Waals surface area contributed by atoms with E-state index in [9.17, 15) is 13.2 Å². The van der Waals surface area contributed by atoms with Crippen molar-refractivity contribution >= 4 is 28.4 Å². The van der Waals surface area contributed by atoms with Crippen molar-refractivity contribution in [2.45, 2.75) is 37.7 Å². The normalized spacial score (nSPS) is 16.0. The number of nitrogens with one attached hydrogen (secondary N) is 1. The third-order valence-electron chi connectivity index (χ3n) is 4.85. The Kier molecular flexibility index (Phi) is 5.98. The first-order valence-corrected chi connectivity index (χ1v) is 10.8. The average molecular weight is 413 g/mol. The van der Waals surface area contributed by atoms with Gasteiger partial charge >= 0.3 is 7.12 Å². The van der Waals surface area contributed by atoms with Gasteiger partial charge in [0, 0.05) is 12.1 Å². The van der Waals surface area contributed by atoms with Crippen molar-refractivity contribution in [3.8, 4) is 0 Å². The highest BCUT2D eigenvalue weighted by Crippen LogP contribution is 2.29. The van der Waals surface area contributed by atoms with Crippen molar-refractivity contribution in [3.05, 3.63) is 72.0 Å². The van der Waals surface area contributed by atoms with Crippen LogP contribution in [0.1, 0.15) is 36.7 Å². The zero-order chi connectivity index (χ0) is 21.2. The molecule has 1 aliphatic rings. The molecule has 2 aromatic carbocycles. The Morgan fingerprint density at radius 3 is 2.24 bits per heavy atom. The molecule has 29 heavy (non-hydrogen) atoms. The van der Waals surface area contributed by atoms with E-state index in [2.05, 4.69) is 11.3 Å². The van der Waals surface area contributed by atoms with Crippen LogP contribution in [-0.4, -0.2) is 33.5 Å². The molecule has 0 radical (unpaired) electrons. The van der Waals surface area contributed by atoms with Crippen LogP contribution in [0.15, 0.2) is 65.8 Å². The number of hydrogen-bond acceptors (Lipinski definition) is 5. The molecule has 0 unspecified atom stereocenters. The summed E-state index contributed by atoms with van der Waals surface area (Å²) in [6.45, 7) is 9.39. The topological polar surface area (TPSA) is 81.7 Å². The van der Waals surface area contributed by atoms with Crippen molar-refractivity contribution in [2.75, 3.05) is 6.54 Å². The minimum absolute atomic E-state index is 0.105. The molecule has 152 valence electrons.